The van der Waals surface area contributed by atoms with Gasteiger partial charge in [-0.05, 0) is 53.1 Å². The van der Waals surface area contributed by atoms with Gasteiger partial charge in [-0.25, -0.2) is 43.1 Å². The molecule has 1 aromatic carbocycles. The summed E-state index contributed by atoms with van der Waals surface area (Å²) in [6.45, 7) is -6.73. The third kappa shape index (κ3) is 11.4. The molecule has 3 amide bonds. The van der Waals surface area contributed by atoms with Crippen LogP contribution in [0.15, 0.2) is 54.4 Å². The highest BCUT2D eigenvalue weighted by atomic mass is 32.7. The number of amides is 3. The van der Waals surface area contributed by atoms with E-state index in [4.69, 9.17) is 56.6 Å². The molecule has 5 aromatic rings. The molecule has 0 aliphatic carbocycles. The lowest BCUT2D eigenvalue weighted by Crippen LogP contribution is -2.50. The lowest BCUT2D eigenvalue weighted by atomic mass is 9.98. The van der Waals surface area contributed by atoms with Crippen molar-refractivity contribution in [3.63, 3.8) is 0 Å². The second kappa shape index (κ2) is 21.4. The van der Waals surface area contributed by atoms with Gasteiger partial charge in [0.2, 0.25) is 5.91 Å². The number of carbonyl (C=O) groups excluding carboxylic acids is 3. The number of Topliss-reactive ketones (excluding diaryl/α,β-unsaturated/α-hetero) is 1. The maximum Gasteiger partial charge on any atom is 0.389 e. The van der Waals surface area contributed by atoms with Crippen molar-refractivity contribution in [2.24, 2.45) is 17.4 Å². The number of rotatable bonds is 15. The van der Waals surface area contributed by atoms with Crippen LogP contribution in [0, 0.1) is 5.92 Å². The summed E-state index contributed by atoms with van der Waals surface area (Å²) in [6, 6.07) is 4.11. The van der Waals surface area contributed by atoms with E-state index in [0.717, 1.165) is 23.5 Å². The number of nitrogens with two attached hydrogens (primary N) is 3. The molecule has 12 atom stereocenters. The maximum absolute atomic E-state index is 16.9. The quantitative estimate of drug-likeness (QED) is 0.0583. The highest BCUT2D eigenvalue weighted by molar-refractivity contribution is 8.54. The fourth-order valence-corrected chi connectivity index (χ4v) is 12.7. The van der Waals surface area contributed by atoms with Crippen LogP contribution in [-0.4, -0.2) is 130 Å². The van der Waals surface area contributed by atoms with Crippen molar-refractivity contribution in [2.75, 3.05) is 25.5 Å². The van der Waals surface area contributed by atoms with Crippen molar-refractivity contribution in [1.82, 2.24) is 49.7 Å². The number of nitrogens with zero attached hydrogens (tertiary/aromatic N) is 7. The number of hydrogen-bond acceptors (Lipinski definition) is 20. The topological polar surface area (TPSA) is 353 Å². The molecule has 3 aliphatic heterocycles. The van der Waals surface area contributed by atoms with E-state index >= 15 is 13.3 Å². The second-order valence-corrected chi connectivity index (χ2v) is 23.6. The highest BCUT2D eigenvalue weighted by Crippen LogP contribution is 2.65. The summed E-state index contributed by atoms with van der Waals surface area (Å²) in [6.07, 6.45) is -8.78. The molecule has 2 unspecified atom stereocenters. The summed E-state index contributed by atoms with van der Waals surface area (Å²) >= 11 is 5.94. The number of anilines is 1. The number of hydrogen-bond donors (Lipinski definition) is 7. The summed E-state index contributed by atoms with van der Waals surface area (Å²) in [7, 11) is 0. The van der Waals surface area contributed by atoms with Crippen molar-refractivity contribution in [1.29, 1.82) is 0 Å². The van der Waals surface area contributed by atoms with Gasteiger partial charge >= 0.3 is 19.5 Å². The Morgan fingerprint density at radius 3 is 2.21 bits per heavy atom. The number of fused-ring (bicyclic) bond motifs is 4. The van der Waals surface area contributed by atoms with Crippen molar-refractivity contribution in [3.8, 4) is 0 Å². The number of aromatic amines is 1. The molecule has 3 aliphatic rings. The zero-order valence-electron chi connectivity index (χ0n) is 37.2. The number of aromatic nitrogens is 8. The summed E-state index contributed by atoms with van der Waals surface area (Å²) < 4.78 is 86.6. The number of urea groups is 1. The Hall–Kier alpha value is -4.90. The van der Waals surface area contributed by atoms with E-state index in [1.807, 2.05) is 0 Å². The Balaban J connectivity index is 1.04. The molecule has 25 nitrogen and oxygen atoms in total. The zero-order chi connectivity index (χ0) is 50.1. The molecule has 4 aromatic heterocycles. The van der Waals surface area contributed by atoms with Crippen LogP contribution in [0.2, 0.25) is 0 Å². The highest BCUT2D eigenvalue weighted by Gasteiger charge is 2.55. The first-order valence-corrected chi connectivity index (χ1v) is 27.4. The summed E-state index contributed by atoms with van der Waals surface area (Å²) in [5.74, 6) is -1.09. The minimum atomic E-state index is -4.61. The van der Waals surface area contributed by atoms with E-state index in [1.165, 1.54) is 10.9 Å². The smallest absolute Gasteiger partial charge is 0.382 e. The largest absolute Gasteiger partial charge is 0.389 e. The van der Waals surface area contributed by atoms with Gasteiger partial charge in [0.1, 0.15) is 36.3 Å². The lowest BCUT2D eigenvalue weighted by Gasteiger charge is -2.30. The Morgan fingerprint density at radius 2 is 1.56 bits per heavy atom. The SMILES string of the molecule is CC(C)[C@H](N)C(=O)N[C@@H](CCCNC(N)=O)C(=O)Cc1ccc(CSP2(=O)OC[C@H]3O[C@@H](n4cnc5c(N)ncnc54)[C@H](F)[C@@H]3OP(O)(=S)OC[C@H]3O[C@@H](n4cnc5c(=O)[nH]cnc54)[C@H](F)[C@@H]3O2)cc1. The van der Waals surface area contributed by atoms with Crippen molar-refractivity contribution in [2.45, 2.75) is 100 Å². The van der Waals surface area contributed by atoms with Crippen molar-refractivity contribution in [3.05, 3.63) is 71.1 Å². The monoisotopic (exact) mass is 1060 g/mol. The van der Waals surface area contributed by atoms with Gasteiger partial charge in [-0.3, -0.25) is 37.1 Å². The van der Waals surface area contributed by atoms with E-state index in [0.29, 0.717) is 28.9 Å². The molecular weight excluding hydrogens is 1010 g/mol. The molecular formula is C39H49F2N13O12P2S2. The van der Waals surface area contributed by atoms with Crippen LogP contribution in [-0.2, 0) is 65.7 Å². The van der Waals surface area contributed by atoms with Crippen LogP contribution in [0.25, 0.3) is 22.3 Å². The number of ketones is 1. The molecule has 8 rings (SSSR count). The van der Waals surface area contributed by atoms with Gasteiger partial charge in [-0.2, -0.15) is 0 Å². The number of H-pyrrole nitrogens is 1. The van der Waals surface area contributed by atoms with Gasteiger partial charge < -0.3 is 51.7 Å². The first-order chi connectivity index (χ1) is 33.3. The number of nitrogens with one attached hydrogen (secondary N) is 3. The number of ether oxygens (including phenoxy) is 2. The summed E-state index contributed by atoms with van der Waals surface area (Å²) in [5.41, 5.74) is 17.7. The van der Waals surface area contributed by atoms with Gasteiger partial charge in [0.05, 0.1) is 44.3 Å². The Bertz CT molecular complexity index is 2880. The Morgan fingerprint density at radius 1 is 0.943 bits per heavy atom. The second-order valence-electron chi connectivity index (χ2n) is 16.8. The third-order valence-electron chi connectivity index (χ3n) is 11.6. The predicted molar refractivity (Wildman–Crippen MR) is 249 cm³/mol. The van der Waals surface area contributed by atoms with E-state index in [9.17, 15) is 24.1 Å². The maximum atomic E-state index is 16.9. The first kappa shape index (κ1) is 51.5. The molecule has 7 heterocycles. The first-order valence-electron chi connectivity index (χ1n) is 21.7. The zero-order valence-corrected chi connectivity index (χ0v) is 40.6. The average molecular weight is 1060 g/mol. The molecule has 10 N–H and O–H groups in total. The molecule has 3 saturated heterocycles. The van der Waals surface area contributed by atoms with Crippen LogP contribution in [0.1, 0.15) is 50.3 Å². The van der Waals surface area contributed by atoms with Crippen LogP contribution in [0.5, 0.6) is 0 Å². The van der Waals surface area contributed by atoms with Gasteiger partial charge in [0, 0.05) is 18.7 Å². The average Bonchev–Trinajstić information content (AvgIpc) is 4.09. The Labute approximate surface area is 405 Å². The van der Waals surface area contributed by atoms with Gasteiger partial charge in [-0.1, -0.05) is 38.1 Å². The molecule has 0 radical (unpaired) electrons. The standard InChI is InChI=1S/C39H49F2N13O12P2S2/c1-18(2)27(42)35(56)52-21(4-3-9-45-39(44)58)22(55)10-19-5-7-20(8-6-19)13-70-68(60)62-12-24-30(25(40)37(64-24)53-16-50-28-32(43)46-14-47-33(28)53)65-67(59,69)61-11-23-31(66-68)26(41)38(63-23)54-17-51-29-34(54)48-15-49-36(29)57/h5-8,14-18,21,23-27,30-31,37-38H,3-4,9-13,42H2,1-2H3,(H,52,56)(H,59,69)(H2,43,46,47)(H3,44,45,58)(H,48,49,57)/t21-,23+,24+,25+,26+,27-,30+,31+,37+,38+,67?,68?/m0/s1. The van der Waals surface area contributed by atoms with E-state index in [2.05, 4.69) is 40.5 Å². The predicted octanol–water partition coefficient (Wildman–Crippen LogP) is 2.12. The van der Waals surface area contributed by atoms with E-state index in [1.54, 1.807) is 38.1 Å². The number of benzene rings is 1. The van der Waals surface area contributed by atoms with Crippen LogP contribution in [0.3, 0.4) is 0 Å². The molecule has 0 saturated carbocycles. The van der Waals surface area contributed by atoms with Gasteiger partial charge in [-0.15, -0.1) is 0 Å². The summed E-state index contributed by atoms with van der Waals surface area (Å²) in [5, 5.41) is 5.19. The molecule has 0 bridgehead atoms. The number of imidazole rings is 2. The van der Waals surface area contributed by atoms with Crippen LogP contribution in [0.4, 0.5) is 19.4 Å². The van der Waals surface area contributed by atoms with E-state index in [-0.39, 0.29) is 65.0 Å². The molecule has 378 valence electrons. The van der Waals surface area contributed by atoms with E-state index < -0.39 is 106 Å². The lowest BCUT2D eigenvalue weighted by molar-refractivity contribution is -0.129. The van der Waals surface area contributed by atoms with Gasteiger partial charge in [0.15, 0.2) is 53.2 Å². The van der Waals surface area contributed by atoms with Gasteiger partial charge in [0.25, 0.3) is 5.56 Å². The molecule has 70 heavy (non-hydrogen) atoms. The van der Waals surface area contributed by atoms with Crippen molar-refractivity contribution < 1.29 is 60.2 Å². The minimum Gasteiger partial charge on any atom is -0.382 e. The number of nitrogen functional groups attached to an aromatic ring is 1. The fourth-order valence-electron chi connectivity index (χ4n) is 7.86. The fraction of sp³-hybridized carbons (Fsp3) is 0.513. The van der Waals surface area contributed by atoms with Crippen LogP contribution < -0.4 is 33.4 Å². The number of halogens is 2. The molecule has 0 spiro atoms. The number of primary amides is 1. The number of carbonyl (C=O) groups is 3. The molecule has 3 fully saturated rings. The molecule has 31 heteroatoms. The normalized spacial score (nSPS) is 29.2. The third-order valence-corrected chi connectivity index (χ3v) is 16.8. The van der Waals surface area contributed by atoms with Crippen LogP contribution >= 0.6 is 24.9 Å². The summed E-state index contributed by atoms with van der Waals surface area (Å²) in [4.78, 5) is 84.1. The minimum absolute atomic E-state index is 0.0120. The number of alkyl halides is 2. The Kier molecular flexibility index (Phi) is 15.8. The van der Waals surface area contributed by atoms with Crippen molar-refractivity contribution >= 4 is 82.6 Å².